The summed E-state index contributed by atoms with van der Waals surface area (Å²) < 4.78 is 0. The molecule has 0 heterocycles. The van der Waals surface area contributed by atoms with Gasteiger partial charge >= 0.3 is 0 Å². The maximum Gasteiger partial charge on any atom is 0.0952 e. The predicted molar refractivity (Wildman–Crippen MR) is 46.7 cm³/mol. The van der Waals surface area contributed by atoms with Crippen LogP contribution in [0.2, 0.25) is 0 Å². The van der Waals surface area contributed by atoms with Crippen molar-refractivity contribution < 1.29 is 9.78 Å². The molecule has 0 rings (SSSR count). The van der Waals surface area contributed by atoms with Crippen molar-refractivity contribution in [3.8, 4) is 0 Å². The Bertz CT molecular complexity index is 85.6. The minimum absolute atomic E-state index is 0. The highest BCUT2D eigenvalue weighted by Crippen LogP contribution is 2.14. The summed E-state index contributed by atoms with van der Waals surface area (Å²) in [6, 6.07) is 0. The van der Waals surface area contributed by atoms with Gasteiger partial charge in [-0.3, -0.25) is 0 Å². The third-order valence-electron chi connectivity index (χ3n) is 0.542. The number of rotatable bonds is 1. The molecular weight excluding hydrogens is 142 g/mol. The van der Waals surface area contributed by atoms with E-state index in [0.29, 0.717) is 0 Å². The highest BCUT2D eigenvalue weighted by atomic mass is 17.2. The molecular formula is C8H21NO2. The van der Waals surface area contributed by atoms with Crippen LogP contribution in [0.25, 0.3) is 0 Å². The van der Waals surface area contributed by atoms with Gasteiger partial charge in [-0.2, -0.15) is 0 Å². The second-order valence-electron chi connectivity index (χ2n) is 4.39. The van der Waals surface area contributed by atoms with Crippen LogP contribution < -0.4 is 6.15 Å². The Morgan fingerprint density at radius 2 is 0.818 bits per heavy atom. The predicted octanol–water partition coefficient (Wildman–Crippen LogP) is 2.69. The van der Waals surface area contributed by atoms with E-state index in [-0.39, 0.29) is 17.4 Å². The van der Waals surface area contributed by atoms with E-state index in [2.05, 4.69) is 0 Å². The van der Waals surface area contributed by atoms with Crippen LogP contribution in [0.5, 0.6) is 0 Å². The van der Waals surface area contributed by atoms with Gasteiger partial charge in [-0.1, -0.05) is 0 Å². The van der Waals surface area contributed by atoms with Gasteiger partial charge in [0, 0.05) is 0 Å². The molecule has 3 nitrogen and oxygen atoms in total. The van der Waals surface area contributed by atoms with E-state index < -0.39 is 0 Å². The number of hydrogen-bond donors (Lipinski definition) is 1. The lowest BCUT2D eigenvalue weighted by Gasteiger charge is -2.24. The average Bonchev–Trinajstić information content (AvgIpc) is 1.57. The highest BCUT2D eigenvalue weighted by Gasteiger charge is 2.18. The molecule has 0 aliphatic rings. The van der Waals surface area contributed by atoms with Crippen LogP contribution in [0.1, 0.15) is 41.5 Å². The molecule has 0 aromatic carbocycles. The van der Waals surface area contributed by atoms with Gasteiger partial charge in [0.05, 0.1) is 11.2 Å². The van der Waals surface area contributed by atoms with Crippen LogP contribution in [0, 0.1) is 0 Å². The van der Waals surface area contributed by atoms with Crippen LogP contribution >= 0.6 is 0 Å². The molecule has 70 valence electrons. The molecule has 0 saturated carbocycles. The summed E-state index contributed by atoms with van der Waals surface area (Å²) >= 11 is 0. The fourth-order valence-electron chi connectivity index (χ4n) is 0.250. The molecule has 11 heavy (non-hydrogen) atoms. The zero-order chi connectivity index (χ0) is 8.41. The van der Waals surface area contributed by atoms with Crippen molar-refractivity contribution in [3.63, 3.8) is 0 Å². The molecule has 3 N–H and O–H groups in total. The van der Waals surface area contributed by atoms with Crippen molar-refractivity contribution >= 4 is 0 Å². The fraction of sp³-hybridized carbons (Fsp3) is 1.00. The zero-order valence-corrected chi connectivity index (χ0v) is 8.52. The molecule has 0 saturated heterocycles. The SMILES string of the molecule is CC(C)(C)OOC(C)(C)C.N. The van der Waals surface area contributed by atoms with Crippen molar-refractivity contribution in [1.82, 2.24) is 6.15 Å². The monoisotopic (exact) mass is 163 g/mol. The van der Waals surface area contributed by atoms with E-state index in [1.165, 1.54) is 0 Å². The fourth-order valence-corrected chi connectivity index (χ4v) is 0.250. The van der Waals surface area contributed by atoms with Gasteiger partial charge in [0.15, 0.2) is 0 Å². The van der Waals surface area contributed by atoms with E-state index in [0.717, 1.165) is 0 Å². The Hall–Kier alpha value is -0.120. The molecule has 3 heteroatoms. The summed E-state index contributed by atoms with van der Waals surface area (Å²) in [6.07, 6.45) is 0. The Kier molecular flexibility index (Phi) is 4.95. The van der Waals surface area contributed by atoms with Crippen LogP contribution in [-0.4, -0.2) is 11.2 Å². The van der Waals surface area contributed by atoms with Gasteiger partial charge in [-0.25, -0.2) is 9.78 Å². The third kappa shape index (κ3) is 13.0. The zero-order valence-electron chi connectivity index (χ0n) is 8.52. The molecule has 0 bridgehead atoms. The van der Waals surface area contributed by atoms with Crippen molar-refractivity contribution in [3.05, 3.63) is 0 Å². The first-order valence-electron chi connectivity index (χ1n) is 3.57. The van der Waals surface area contributed by atoms with Gasteiger partial charge in [-0.15, -0.1) is 0 Å². The Morgan fingerprint density at radius 1 is 0.636 bits per heavy atom. The van der Waals surface area contributed by atoms with Crippen LogP contribution in [0.3, 0.4) is 0 Å². The summed E-state index contributed by atoms with van der Waals surface area (Å²) in [5, 5.41) is 0. The molecule has 0 aliphatic heterocycles. The Balaban J connectivity index is 0. The Morgan fingerprint density at radius 3 is 0.909 bits per heavy atom. The van der Waals surface area contributed by atoms with E-state index in [9.17, 15) is 0 Å². The van der Waals surface area contributed by atoms with E-state index in [4.69, 9.17) is 9.78 Å². The smallest absolute Gasteiger partial charge is 0.0952 e. The lowest BCUT2D eigenvalue weighted by atomic mass is 10.2. The highest BCUT2D eigenvalue weighted by molar-refractivity contribution is 4.58. The molecule has 0 aromatic rings. The molecule has 0 radical (unpaired) electrons. The van der Waals surface area contributed by atoms with E-state index in [1.807, 2.05) is 41.5 Å². The van der Waals surface area contributed by atoms with Gasteiger partial charge in [-0.05, 0) is 41.5 Å². The third-order valence-corrected chi connectivity index (χ3v) is 0.542. The molecule has 0 aliphatic carbocycles. The van der Waals surface area contributed by atoms with Crippen molar-refractivity contribution in [2.75, 3.05) is 0 Å². The summed E-state index contributed by atoms with van der Waals surface area (Å²) in [5.41, 5.74) is -0.430. The molecule has 0 atom stereocenters. The second-order valence-corrected chi connectivity index (χ2v) is 4.39. The van der Waals surface area contributed by atoms with Crippen molar-refractivity contribution in [2.45, 2.75) is 52.7 Å². The van der Waals surface area contributed by atoms with Gasteiger partial charge in [0.25, 0.3) is 0 Å². The van der Waals surface area contributed by atoms with Crippen LogP contribution in [-0.2, 0) is 9.78 Å². The molecule has 0 spiro atoms. The van der Waals surface area contributed by atoms with E-state index >= 15 is 0 Å². The lowest BCUT2D eigenvalue weighted by Crippen LogP contribution is -2.27. The summed E-state index contributed by atoms with van der Waals surface area (Å²) in [7, 11) is 0. The summed E-state index contributed by atoms with van der Waals surface area (Å²) in [5.74, 6) is 0. The molecule has 0 aromatic heterocycles. The molecule has 0 unspecified atom stereocenters. The standard InChI is InChI=1S/C8H18O2.H3N/c1-7(2,3)9-10-8(4,5)6;/h1-6H3;1H3. The Labute approximate surface area is 69.6 Å². The van der Waals surface area contributed by atoms with Gasteiger partial charge in [0.1, 0.15) is 0 Å². The minimum atomic E-state index is -0.215. The van der Waals surface area contributed by atoms with Crippen molar-refractivity contribution in [1.29, 1.82) is 0 Å². The van der Waals surface area contributed by atoms with Crippen LogP contribution in [0.4, 0.5) is 0 Å². The first kappa shape index (κ1) is 13.5. The summed E-state index contributed by atoms with van der Waals surface area (Å²) in [4.78, 5) is 10.2. The normalized spacial score (nSPS) is 12.5. The lowest BCUT2D eigenvalue weighted by molar-refractivity contribution is -0.393. The minimum Gasteiger partial charge on any atom is -0.344 e. The first-order valence-corrected chi connectivity index (χ1v) is 3.57. The molecule has 0 amide bonds. The van der Waals surface area contributed by atoms with Crippen molar-refractivity contribution in [2.24, 2.45) is 0 Å². The topological polar surface area (TPSA) is 53.5 Å². The van der Waals surface area contributed by atoms with E-state index in [1.54, 1.807) is 0 Å². The van der Waals surface area contributed by atoms with Gasteiger partial charge in [0.2, 0.25) is 0 Å². The first-order chi connectivity index (χ1) is 4.21. The average molecular weight is 163 g/mol. The molecule has 0 fully saturated rings. The quantitative estimate of drug-likeness (QED) is 0.477. The van der Waals surface area contributed by atoms with Crippen LogP contribution in [0.15, 0.2) is 0 Å². The largest absolute Gasteiger partial charge is 0.344 e. The summed E-state index contributed by atoms with van der Waals surface area (Å²) in [6.45, 7) is 11.7. The maximum atomic E-state index is 5.09. The van der Waals surface area contributed by atoms with Gasteiger partial charge < -0.3 is 6.15 Å². The maximum absolute atomic E-state index is 5.09. The number of hydrogen-bond acceptors (Lipinski definition) is 3. The second kappa shape index (κ2) is 4.04.